The zero-order valence-electron chi connectivity index (χ0n) is 8.51. The molecular formula is C12H9F3S. The first-order valence-corrected chi connectivity index (χ1v) is 5.89. The molecule has 0 unspecified atom stereocenters. The maximum atomic E-state index is 12.8. The highest BCUT2D eigenvalue weighted by molar-refractivity contribution is 7.98. The van der Waals surface area contributed by atoms with Gasteiger partial charge in [0.15, 0.2) is 0 Å². The van der Waals surface area contributed by atoms with Gasteiger partial charge in [-0.05, 0) is 23.8 Å². The van der Waals surface area contributed by atoms with Crippen LogP contribution in [0.1, 0.15) is 5.56 Å². The predicted molar refractivity (Wildman–Crippen MR) is 60.7 cm³/mol. The number of thioether (sulfide) groups is 1. The van der Waals surface area contributed by atoms with Crippen LogP contribution < -0.4 is 0 Å². The Bertz CT molecular complexity index is 512. The van der Waals surface area contributed by atoms with Crippen LogP contribution in [-0.2, 0) is 6.18 Å². The van der Waals surface area contributed by atoms with Crippen molar-refractivity contribution in [3.05, 3.63) is 42.0 Å². The van der Waals surface area contributed by atoms with Crippen LogP contribution in [-0.4, -0.2) is 6.26 Å². The molecule has 0 aliphatic carbocycles. The number of hydrogen-bond acceptors (Lipinski definition) is 1. The van der Waals surface area contributed by atoms with Gasteiger partial charge < -0.3 is 0 Å². The van der Waals surface area contributed by atoms with Gasteiger partial charge in [-0.25, -0.2) is 0 Å². The second-order valence-electron chi connectivity index (χ2n) is 3.36. The fourth-order valence-electron chi connectivity index (χ4n) is 1.71. The lowest BCUT2D eigenvalue weighted by atomic mass is 10.0. The van der Waals surface area contributed by atoms with Gasteiger partial charge in [0, 0.05) is 10.3 Å². The summed E-state index contributed by atoms with van der Waals surface area (Å²) >= 11 is 1.33. The van der Waals surface area contributed by atoms with Crippen molar-refractivity contribution in [1.29, 1.82) is 0 Å². The predicted octanol–water partition coefficient (Wildman–Crippen LogP) is 4.58. The van der Waals surface area contributed by atoms with E-state index in [0.29, 0.717) is 15.7 Å². The van der Waals surface area contributed by atoms with Crippen LogP contribution in [0.4, 0.5) is 13.2 Å². The van der Waals surface area contributed by atoms with E-state index in [4.69, 9.17) is 0 Å². The van der Waals surface area contributed by atoms with E-state index in [1.807, 2.05) is 0 Å². The molecule has 2 aromatic carbocycles. The molecule has 0 aliphatic rings. The van der Waals surface area contributed by atoms with E-state index in [2.05, 4.69) is 0 Å². The van der Waals surface area contributed by atoms with Gasteiger partial charge in [0.05, 0.1) is 5.56 Å². The SMILES string of the molecule is CSc1cccc2cccc(C(F)(F)F)c12. The topological polar surface area (TPSA) is 0 Å². The third kappa shape index (κ3) is 1.89. The quantitative estimate of drug-likeness (QED) is 0.659. The number of hydrogen-bond donors (Lipinski definition) is 0. The zero-order valence-corrected chi connectivity index (χ0v) is 9.32. The van der Waals surface area contributed by atoms with Gasteiger partial charge in [0.1, 0.15) is 0 Å². The molecule has 2 aromatic rings. The van der Waals surface area contributed by atoms with Crippen molar-refractivity contribution in [3.8, 4) is 0 Å². The smallest absolute Gasteiger partial charge is 0.166 e. The van der Waals surface area contributed by atoms with Crippen LogP contribution in [0.25, 0.3) is 10.8 Å². The summed E-state index contributed by atoms with van der Waals surface area (Å²) in [7, 11) is 0. The van der Waals surface area contributed by atoms with E-state index < -0.39 is 11.7 Å². The molecule has 0 atom stereocenters. The Labute approximate surface area is 95.5 Å². The lowest BCUT2D eigenvalue weighted by molar-refractivity contribution is -0.136. The van der Waals surface area contributed by atoms with Crippen LogP contribution in [0.2, 0.25) is 0 Å². The molecule has 0 aromatic heterocycles. The molecule has 0 amide bonds. The molecule has 0 radical (unpaired) electrons. The molecular weight excluding hydrogens is 233 g/mol. The van der Waals surface area contributed by atoms with E-state index in [1.54, 1.807) is 30.5 Å². The van der Waals surface area contributed by atoms with Crippen molar-refractivity contribution >= 4 is 22.5 Å². The highest BCUT2D eigenvalue weighted by atomic mass is 32.2. The summed E-state index contributed by atoms with van der Waals surface area (Å²) in [6.45, 7) is 0. The van der Waals surface area contributed by atoms with Gasteiger partial charge in [0.2, 0.25) is 0 Å². The van der Waals surface area contributed by atoms with Crippen LogP contribution in [0, 0.1) is 0 Å². The largest absolute Gasteiger partial charge is 0.417 e. The van der Waals surface area contributed by atoms with Gasteiger partial charge in [-0.1, -0.05) is 24.3 Å². The minimum atomic E-state index is -4.30. The zero-order chi connectivity index (χ0) is 11.8. The number of rotatable bonds is 1. The molecule has 0 spiro atoms. The average molecular weight is 242 g/mol. The summed E-state index contributed by atoms with van der Waals surface area (Å²) in [6.07, 6.45) is -2.52. The standard InChI is InChI=1S/C12H9F3S/c1-16-10-7-3-5-8-4-2-6-9(11(8)10)12(13,14)15/h2-7H,1H3. The minimum absolute atomic E-state index is 0.296. The van der Waals surface area contributed by atoms with Gasteiger partial charge in [0.25, 0.3) is 0 Å². The number of alkyl halides is 3. The van der Waals surface area contributed by atoms with E-state index in [9.17, 15) is 13.2 Å². The van der Waals surface area contributed by atoms with Crippen molar-refractivity contribution in [2.24, 2.45) is 0 Å². The molecule has 0 bridgehead atoms. The number of halogens is 3. The van der Waals surface area contributed by atoms with E-state index in [1.165, 1.54) is 17.8 Å². The van der Waals surface area contributed by atoms with Crippen molar-refractivity contribution in [2.45, 2.75) is 11.1 Å². The lowest BCUT2D eigenvalue weighted by Crippen LogP contribution is -2.05. The average Bonchev–Trinajstić information content (AvgIpc) is 2.26. The van der Waals surface area contributed by atoms with Crippen LogP contribution in [0.3, 0.4) is 0 Å². The molecule has 0 saturated heterocycles. The Kier molecular flexibility index (Phi) is 2.84. The number of benzene rings is 2. The molecule has 2 rings (SSSR count). The molecule has 0 aliphatic heterocycles. The summed E-state index contributed by atoms with van der Waals surface area (Å²) in [5.74, 6) is 0. The van der Waals surface area contributed by atoms with Crippen LogP contribution >= 0.6 is 11.8 Å². The lowest BCUT2D eigenvalue weighted by Gasteiger charge is -2.12. The molecule has 0 N–H and O–H groups in total. The van der Waals surface area contributed by atoms with Crippen molar-refractivity contribution in [2.75, 3.05) is 6.26 Å². The van der Waals surface area contributed by atoms with Gasteiger partial charge in [-0.15, -0.1) is 11.8 Å². The molecule has 84 valence electrons. The van der Waals surface area contributed by atoms with E-state index in [0.717, 1.165) is 6.07 Å². The third-order valence-electron chi connectivity index (χ3n) is 2.39. The van der Waals surface area contributed by atoms with Crippen LogP contribution in [0.5, 0.6) is 0 Å². The maximum Gasteiger partial charge on any atom is 0.417 e. The maximum absolute atomic E-state index is 12.8. The molecule has 0 nitrogen and oxygen atoms in total. The summed E-state index contributed by atoms with van der Waals surface area (Å²) in [5.41, 5.74) is -0.560. The van der Waals surface area contributed by atoms with E-state index >= 15 is 0 Å². The Balaban J connectivity index is 2.84. The molecule has 16 heavy (non-hydrogen) atoms. The number of fused-ring (bicyclic) bond motifs is 1. The molecule has 0 fully saturated rings. The second kappa shape index (κ2) is 4.01. The third-order valence-corrected chi connectivity index (χ3v) is 3.17. The first-order valence-electron chi connectivity index (χ1n) is 4.67. The van der Waals surface area contributed by atoms with Gasteiger partial charge in [-0.2, -0.15) is 13.2 Å². The fourth-order valence-corrected chi connectivity index (χ4v) is 2.36. The first-order chi connectivity index (χ1) is 7.54. The van der Waals surface area contributed by atoms with Crippen molar-refractivity contribution < 1.29 is 13.2 Å². The van der Waals surface area contributed by atoms with E-state index in [-0.39, 0.29) is 0 Å². The Morgan fingerprint density at radius 1 is 1.00 bits per heavy atom. The fraction of sp³-hybridized carbons (Fsp3) is 0.167. The molecule has 0 heterocycles. The molecule has 4 heteroatoms. The summed E-state index contributed by atoms with van der Waals surface area (Å²) < 4.78 is 38.5. The van der Waals surface area contributed by atoms with Gasteiger partial charge >= 0.3 is 6.18 Å². The normalized spacial score (nSPS) is 12.0. The monoisotopic (exact) mass is 242 g/mol. The Hall–Kier alpha value is -1.16. The Morgan fingerprint density at radius 3 is 2.19 bits per heavy atom. The van der Waals surface area contributed by atoms with Crippen molar-refractivity contribution in [3.63, 3.8) is 0 Å². The first kappa shape index (κ1) is 11.3. The van der Waals surface area contributed by atoms with Crippen LogP contribution in [0.15, 0.2) is 41.3 Å². The highest BCUT2D eigenvalue weighted by Gasteiger charge is 2.32. The molecule has 0 saturated carbocycles. The summed E-state index contributed by atoms with van der Waals surface area (Å²) in [6, 6.07) is 9.45. The Morgan fingerprint density at radius 2 is 1.62 bits per heavy atom. The minimum Gasteiger partial charge on any atom is -0.166 e. The van der Waals surface area contributed by atoms with Crippen molar-refractivity contribution in [1.82, 2.24) is 0 Å². The highest BCUT2D eigenvalue weighted by Crippen LogP contribution is 2.38. The summed E-state index contributed by atoms with van der Waals surface area (Å²) in [4.78, 5) is 0.658. The second-order valence-corrected chi connectivity index (χ2v) is 4.21. The van der Waals surface area contributed by atoms with Gasteiger partial charge in [-0.3, -0.25) is 0 Å². The summed E-state index contributed by atoms with van der Waals surface area (Å²) in [5, 5.41) is 0.923.